The molecule has 210 valence electrons. The fourth-order valence-corrected chi connectivity index (χ4v) is 6.89. The molecule has 0 N–H and O–H groups in total. The number of pyridine rings is 1. The smallest absolute Gasteiger partial charge is 0.248 e. The average Bonchev–Trinajstić information content (AvgIpc) is 3.84. The van der Waals surface area contributed by atoms with E-state index in [1.807, 2.05) is 30.3 Å². The fourth-order valence-electron chi connectivity index (χ4n) is 6.89. The van der Waals surface area contributed by atoms with Crippen LogP contribution in [0.4, 0.5) is 0 Å². The van der Waals surface area contributed by atoms with E-state index in [0.29, 0.717) is 11.8 Å². The lowest BCUT2D eigenvalue weighted by atomic mass is 10.0. The van der Waals surface area contributed by atoms with Crippen molar-refractivity contribution in [1.82, 2.24) is 24.1 Å². The Balaban J connectivity index is 1.28. The molecule has 10 aromatic rings. The van der Waals surface area contributed by atoms with E-state index < -0.39 is 0 Å². The summed E-state index contributed by atoms with van der Waals surface area (Å²) in [6, 6.07) is 48.4. The normalized spacial score (nSPS) is 12.0. The Bertz CT molecular complexity index is 2750. The highest BCUT2D eigenvalue weighted by atomic mass is 16.4. The minimum Gasteiger partial charge on any atom is -0.416 e. The molecule has 0 aliphatic carbocycles. The lowest BCUT2D eigenvalue weighted by molar-refractivity contribution is 0.584. The third kappa shape index (κ3) is 3.42. The SMILES string of the molecule is c1ccc(-c2nnc(-c3ccc(-n4c5ccccc5c5ccc6c7ccccc7c7nc8ccccc8n7c6c54)cc3)o2)cc1. The second kappa shape index (κ2) is 9.11. The summed E-state index contributed by atoms with van der Waals surface area (Å²) in [5.41, 5.74) is 9.27. The van der Waals surface area contributed by atoms with Crippen molar-refractivity contribution >= 4 is 60.2 Å². The van der Waals surface area contributed by atoms with Gasteiger partial charge in [0.1, 0.15) is 5.65 Å². The summed E-state index contributed by atoms with van der Waals surface area (Å²) < 4.78 is 10.8. The van der Waals surface area contributed by atoms with Crippen LogP contribution in [0.1, 0.15) is 0 Å². The van der Waals surface area contributed by atoms with Crippen LogP contribution >= 0.6 is 0 Å². The highest BCUT2D eigenvalue weighted by Gasteiger charge is 2.21. The van der Waals surface area contributed by atoms with E-state index in [1.165, 1.54) is 21.5 Å². The second-order valence-corrected chi connectivity index (χ2v) is 11.3. The van der Waals surface area contributed by atoms with Crippen LogP contribution in [0.2, 0.25) is 0 Å². The minimum absolute atomic E-state index is 0.492. The summed E-state index contributed by atoms with van der Waals surface area (Å²) in [4.78, 5) is 5.16. The van der Waals surface area contributed by atoms with Gasteiger partial charge in [-0.1, -0.05) is 84.9 Å². The Morgan fingerprint density at radius 1 is 0.444 bits per heavy atom. The van der Waals surface area contributed by atoms with Crippen LogP contribution in [0.25, 0.3) is 88.8 Å². The van der Waals surface area contributed by atoms with Gasteiger partial charge in [0.25, 0.3) is 0 Å². The summed E-state index contributed by atoms with van der Waals surface area (Å²) in [5.74, 6) is 0.999. The van der Waals surface area contributed by atoms with Gasteiger partial charge in [0.05, 0.1) is 27.6 Å². The zero-order chi connectivity index (χ0) is 29.5. The average molecular weight is 578 g/mol. The van der Waals surface area contributed by atoms with Crippen molar-refractivity contribution in [2.45, 2.75) is 0 Å². The van der Waals surface area contributed by atoms with Crippen LogP contribution in [0.3, 0.4) is 0 Å². The van der Waals surface area contributed by atoms with E-state index in [9.17, 15) is 0 Å². The number of fused-ring (bicyclic) bond motifs is 12. The van der Waals surface area contributed by atoms with Gasteiger partial charge in [-0.05, 0) is 60.0 Å². The zero-order valence-corrected chi connectivity index (χ0v) is 23.9. The van der Waals surface area contributed by atoms with Gasteiger partial charge >= 0.3 is 0 Å². The second-order valence-electron chi connectivity index (χ2n) is 11.3. The molecular weight excluding hydrogens is 554 g/mol. The fraction of sp³-hybridized carbons (Fsp3) is 0. The number of rotatable bonds is 3. The van der Waals surface area contributed by atoms with Gasteiger partial charge in [-0.25, -0.2) is 4.98 Å². The predicted molar refractivity (Wildman–Crippen MR) is 181 cm³/mol. The molecule has 6 heteroatoms. The first-order chi connectivity index (χ1) is 22.3. The van der Waals surface area contributed by atoms with Crippen molar-refractivity contribution in [3.05, 3.63) is 140 Å². The molecule has 45 heavy (non-hydrogen) atoms. The molecule has 0 spiro atoms. The largest absolute Gasteiger partial charge is 0.416 e. The van der Waals surface area contributed by atoms with E-state index in [4.69, 9.17) is 9.40 Å². The molecule has 0 aliphatic rings. The molecule has 6 nitrogen and oxygen atoms in total. The molecule has 4 heterocycles. The first-order valence-electron chi connectivity index (χ1n) is 15.0. The lowest BCUT2D eigenvalue weighted by Crippen LogP contribution is -1.98. The predicted octanol–water partition coefficient (Wildman–Crippen LogP) is 9.61. The van der Waals surface area contributed by atoms with Gasteiger partial charge in [0.2, 0.25) is 11.8 Å². The van der Waals surface area contributed by atoms with Crippen LogP contribution in [0.5, 0.6) is 0 Å². The van der Waals surface area contributed by atoms with E-state index in [0.717, 1.165) is 55.4 Å². The highest BCUT2D eigenvalue weighted by Crippen LogP contribution is 2.41. The van der Waals surface area contributed by atoms with E-state index >= 15 is 0 Å². The number of benzene rings is 6. The van der Waals surface area contributed by atoms with Crippen molar-refractivity contribution in [2.75, 3.05) is 0 Å². The lowest BCUT2D eigenvalue weighted by Gasteiger charge is -2.14. The van der Waals surface area contributed by atoms with E-state index in [1.54, 1.807) is 0 Å². The van der Waals surface area contributed by atoms with Gasteiger partial charge in [0.15, 0.2) is 0 Å². The summed E-state index contributed by atoms with van der Waals surface area (Å²) in [5, 5.41) is 14.6. The van der Waals surface area contributed by atoms with Crippen LogP contribution < -0.4 is 0 Å². The molecule has 10 rings (SSSR count). The van der Waals surface area contributed by atoms with Gasteiger partial charge in [0, 0.05) is 38.4 Å². The monoisotopic (exact) mass is 577 g/mol. The molecule has 4 aromatic heterocycles. The van der Waals surface area contributed by atoms with Gasteiger partial charge in [-0.3, -0.25) is 4.40 Å². The van der Waals surface area contributed by atoms with Crippen molar-refractivity contribution in [2.24, 2.45) is 0 Å². The Morgan fingerprint density at radius 2 is 1.04 bits per heavy atom. The molecule has 0 saturated carbocycles. The quantitative estimate of drug-likeness (QED) is 0.196. The van der Waals surface area contributed by atoms with Gasteiger partial charge in [-0.2, -0.15) is 0 Å². The topological polar surface area (TPSA) is 61.2 Å². The molecule has 0 atom stereocenters. The molecular formula is C39H23N5O. The standard InChI is InChI=1S/C39H23N5O/c1-2-10-24(11-3-1)38-41-42-39(45-38)25-18-20-26(21-19-25)43-33-16-8-6-13-28(33)30-23-22-29-27-12-4-5-14-31(27)37-40-32-15-7-9-17-34(32)44(37)36(29)35(30)43/h1-23H. The minimum atomic E-state index is 0.492. The number of aromatic nitrogens is 5. The van der Waals surface area contributed by atoms with Crippen LogP contribution in [0.15, 0.2) is 144 Å². The Labute approximate surface area is 256 Å². The Morgan fingerprint density at radius 3 is 1.82 bits per heavy atom. The van der Waals surface area contributed by atoms with Gasteiger partial charge in [-0.15, -0.1) is 10.2 Å². The van der Waals surface area contributed by atoms with E-state index in [2.05, 4.69) is 128 Å². The molecule has 0 aliphatic heterocycles. The molecule has 0 amide bonds. The van der Waals surface area contributed by atoms with Crippen LogP contribution in [-0.4, -0.2) is 24.1 Å². The summed E-state index contributed by atoms with van der Waals surface area (Å²) >= 11 is 0. The molecule has 0 unspecified atom stereocenters. The maximum Gasteiger partial charge on any atom is 0.248 e. The summed E-state index contributed by atoms with van der Waals surface area (Å²) in [7, 11) is 0. The number of nitrogens with zero attached hydrogens (tertiary/aromatic N) is 5. The summed E-state index contributed by atoms with van der Waals surface area (Å²) in [6.45, 7) is 0. The van der Waals surface area contributed by atoms with E-state index in [-0.39, 0.29) is 0 Å². The Hall–Kier alpha value is -6.27. The first kappa shape index (κ1) is 24.2. The summed E-state index contributed by atoms with van der Waals surface area (Å²) in [6.07, 6.45) is 0. The molecule has 0 bridgehead atoms. The zero-order valence-electron chi connectivity index (χ0n) is 23.9. The highest BCUT2D eigenvalue weighted by molar-refractivity contribution is 6.24. The third-order valence-electron chi connectivity index (χ3n) is 8.87. The van der Waals surface area contributed by atoms with Crippen molar-refractivity contribution in [3.8, 4) is 28.6 Å². The molecule has 0 radical (unpaired) electrons. The van der Waals surface area contributed by atoms with Crippen molar-refractivity contribution < 1.29 is 4.42 Å². The first-order valence-corrected chi connectivity index (χ1v) is 15.0. The van der Waals surface area contributed by atoms with Gasteiger partial charge < -0.3 is 8.98 Å². The number of imidazole rings is 1. The van der Waals surface area contributed by atoms with Crippen molar-refractivity contribution in [3.63, 3.8) is 0 Å². The van der Waals surface area contributed by atoms with Crippen molar-refractivity contribution in [1.29, 1.82) is 0 Å². The maximum absolute atomic E-state index is 6.07. The van der Waals surface area contributed by atoms with Crippen LogP contribution in [-0.2, 0) is 0 Å². The molecule has 6 aromatic carbocycles. The number of hydrogen-bond donors (Lipinski definition) is 0. The number of hydrogen-bond acceptors (Lipinski definition) is 4. The van der Waals surface area contributed by atoms with Crippen LogP contribution in [0, 0.1) is 0 Å². The maximum atomic E-state index is 6.07. The number of para-hydroxylation sites is 3. The molecule has 0 fully saturated rings. The molecule has 0 saturated heterocycles. The Kier molecular flexibility index (Phi) is 4.90. The third-order valence-corrected chi connectivity index (χ3v) is 8.87.